The number of fused-ring (bicyclic) bond motifs is 1. The lowest BCUT2D eigenvalue weighted by molar-refractivity contribution is -0.121. The van der Waals surface area contributed by atoms with Gasteiger partial charge in [-0.1, -0.05) is 36.4 Å². The Labute approximate surface area is 150 Å². The van der Waals surface area contributed by atoms with Crippen LogP contribution in [0.5, 0.6) is 0 Å². The molecule has 1 aliphatic heterocycles. The zero-order valence-electron chi connectivity index (χ0n) is 14.0. The summed E-state index contributed by atoms with van der Waals surface area (Å²) in [6.07, 6.45) is 3.85. The topological polar surface area (TPSA) is 64.4 Å². The summed E-state index contributed by atoms with van der Waals surface area (Å²) in [6.45, 7) is 0.325. The third-order valence-corrected chi connectivity index (χ3v) is 4.35. The van der Waals surface area contributed by atoms with Gasteiger partial charge in [0, 0.05) is 18.4 Å². The molecule has 0 aliphatic carbocycles. The van der Waals surface area contributed by atoms with Gasteiger partial charge in [0.2, 0.25) is 0 Å². The molecule has 0 unspecified atom stereocenters. The van der Waals surface area contributed by atoms with Crippen LogP contribution in [0.25, 0.3) is 5.69 Å². The van der Waals surface area contributed by atoms with Crippen molar-refractivity contribution in [2.45, 2.75) is 6.42 Å². The monoisotopic (exact) mass is 347 g/mol. The molecule has 0 atom stereocenters. The Kier molecular flexibility index (Phi) is 4.23. The third-order valence-electron chi connectivity index (χ3n) is 4.35. The fraction of sp³-hybridized carbons (Fsp3) is 0.150. The van der Waals surface area contributed by atoms with Gasteiger partial charge in [0.25, 0.3) is 5.91 Å². The number of aromatic nitrogens is 2. The molecule has 4 rings (SSSR count). The van der Waals surface area contributed by atoms with E-state index in [4.69, 9.17) is 4.74 Å². The molecule has 130 valence electrons. The van der Waals surface area contributed by atoms with Gasteiger partial charge >= 0.3 is 5.97 Å². The van der Waals surface area contributed by atoms with Crippen molar-refractivity contribution in [2.24, 2.45) is 0 Å². The highest BCUT2D eigenvalue weighted by Crippen LogP contribution is 2.27. The molecule has 1 amide bonds. The summed E-state index contributed by atoms with van der Waals surface area (Å²) in [5.74, 6) is -0.785. The maximum absolute atomic E-state index is 12.4. The number of anilines is 1. The first kappa shape index (κ1) is 16.1. The molecule has 1 aromatic heterocycles. The van der Waals surface area contributed by atoms with E-state index in [-0.39, 0.29) is 12.5 Å². The molecule has 0 radical (unpaired) electrons. The minimum absolute atomic E-state index is 0.223. The van der Waals surface area contributed by atoms with Crippen LogP contribution >= 0.6 is 0 Å². The SMILES string of the molecule is O=C(OCC(=O)N1CCc2ccccc21)c1cnn(-c2ccccc2)c1. The van der Waals surface area contributed by atoms with Crippen LogP contribution in [0.15, 0.2) is 67.0 Å². The van der Waals surface area contributed by atoms with Gasteiger partial charge in [0.1, 0.15) is 0 Å². The van der Waals surface area contributed by atoms with Gasteiger partial charge in [-0.2, -0.15) is 5.10 Å². The van der Waals surface area contributed by atoms with E-state index in [0.29, 0.717) is 12.1 Å². The number of para-hydroxylation sites is 2. The number of carbonyl (C=O) groups is 2. The van der Waals surface area contributed by atoms with E-state index < -0.39 is 5.97 Å². The highest BCUT2D eigenvalue weighted by atomic mass is 16.5. The summed E-state index contributed by atoms with van der Waals surface area (Å²) in [4.78, 5) is 26.3. The Balaban J connectivity index is 1.39. The Morgan fingerprint density at radius 3 is 2.65 bits per heavy atom. The summed E-state index contributed by atoms with van der Waals surface area (Å²) in [6, 6.07) is 17.2. The number of amides is 1. The first-order chi connectivity index (χ1) is 12.7. The highest BCUT2D eigenvalue weighted by Gasteiger charge is 2.25. The number of nitrogens with zero attached hydrogens (tertiary/aromatic N) is 3. The molecular weight excluding hydrogens is 330 g/mol. The first-order valence-electron chi connectivity index (χ1n) is 8.38. The Hall–Kier alpha value is -3.41. The molecular formula is C20H17N3O3. The number of rotatable bonds is 4. The van der Waals surface area contributed by atoms with Crippen molar-refractivity contribution in [1.82, 2.24) is 9.78 Å². The predicted molar refractivity (Wildman–Crippen MR) is 96.3 cm³/mol. The average Bonchev–Trinajstić information content (AvgIpc) is 3.34. The van der Waals surface area contributed by atoms with Gasteiger partial charge in [0.15, 0.2) is 6.61 Å². The molecule has 0 saturated heterocycles. The molecule has 0 saturated carbocycles. The van der Waals surface area contributed by atoms with Crippen molar-refractivity contribution in [3.8, 4) is 5.69 Å². The summed E-state index contributed by atoms with van der Waals surface area (Å²) in [5.41, 5.74) is 3.18. The molecule has 2 aromatic carbocycles. The van der Waals surface area contributed by atoms with Gasteiger partial charge < -0.3 is 9.64 Å². The zero-order chi connectivity index (χ0) is 17.9. The quantitative estimate of drug-likeness (QED) is 0.681. The standard InChI is InChI=1S/C20H17N3O3/c24-19(22-11-10-15-6-4-5-9-18(15)22)14-26-20(25)16-12-21-23(13-16)17-7-2-1-3-8-17/h1-9,12-13H,10-11,14H2. The van der Waals surface area contributed by atoms with E-state index in [0.717, 1.165) is 23.4 Å². The summed E-state index contributed by atoms with van der Waals surface area (Å²) in [7, 11) is 0. The Morgan fingerprint density at radius 2 is 1.81 bits per heavy atom. The fourth-order valence-electron chi connectivity index (χ4n) is 3.04. The van der Waals surface area contributed by atoms with Crippen molar-refractivity contribution in [1.29, 1.82) is 0 Å². The van der Waals surface area contributed by atoms with E-state index in [1.54, 1.807) is 15.8 Å². The van der Waals surface area contributed by atoms with Crippen LogP contribution in [0.4, 0.5) is 5.69 Å². The molecule has 1 aliphatic rings. The highest BCUT2D eigenvalue weighted by molar-refractivity contribution is 5.98. The van der Waals surface area contributed by atoms with Crippen LogP contribution in [0.2, 0.25) is 0 Å². The predicted octanol–water partition coefficient (Wildman–Crippen LogP) is 2.62. The van der Waals surface area contributed by atoms with Crippen LogP contribution in [0, 0.1) is 0 Å². The molecule has 26 heavy (non-hydrogen) atoms. The minimum Gasteiger partial charge on any atom is -0.452 e. The lowest BCUT2D eigenvalue weighted by Gasteiger charge is -2.16. The van der Waals surface area contributed by atoms with Crippen molar-refractivity contribution < 1.29 is 14.3 Å². The largest absolute Gasteiger partial charge is 0.452 e. The van der Waals surface area contributed by atoms with Crippen molar-refractivity contribution >= 4 is 17.6 Å². The van der Waals surface area contributed by atoms with Gasteiger partial charge in [-0.05, 0) is 30.2 Å². The van der Waals surface area contributed by atoms with Gasteiger partial charge in [-0.25, -0.2) is 9.48 Å². The normalized spacial score (nSPS) is 12.7. The molecule has 0 N–H and O–H groups in total. The lowest BCUT2D eigenvalue weighted by Crippen LogP contribution is -2.33. The molecule has 6 nitrogen and oxygen atoms in total. The van der Waals surface area contributed by atoms with E-state index in [9.17, 15) is 9.59 Å². The number of hydrogen-bond donors (Lipinski definition) is 0. The zero-order valence-corrected chi connectivity index (χ0v) is 14.0. The van der Waals surface area contributed by atoms with Crippen LogP contribution in [-0.2, 0) is 16.0 Å². The van der Waals surface area contributed by atoms with E-state index in [1.807, 2.05) is 54.6 Å². The molecule has 0 bridgehead atoms. The second kappa shape index (κ2) is 6.84. The van der Waals surface area contributed by atoms with E-state index >= 15 is 0 Å². The molecule has 0 fully saturated rings. The Morgan fingerprint density at radius 1 is 1.04 bits per heavy atom. The van der Waals surface area contributed by atoms with Crippen molar-refractivity contribution in [2.75, 3.05) is 18.1 Å². The maximum atomic E-state index is 12.4. The number of esters is 1. The van der Waals surface area contributed by atoms with Crippen molar-refractivity contribution in [3.05, 3.63) is 78.1 Å². The molecule has 0 spiro atoms. The fourth-order valence-corrected chi connectivity index (χ4v) is 3.04. The summed E-state index contributed by atoms with van der Waals surface area (Å²) >= 11 is 0. The number of hydrogen-bond acceptors (Lipinski definition) is 4. The van der Waals surface area contributed by atoms with E-state index in [2.05, 4.69) is 5.10 Å². The smallest absolute Gasteiger partial charge is 0.341 e. The second-order valence-electron chi connectivity index (χ2n) is 6.01. The van der Waals surface area contributed by atoms with Crippen LogP contribution < -0.4 is 4.90 Å². The molecule has 3 aromatic rings. The molecule has 2 heterocycles. The summed E-state index contributed by atoms with van der Waals surface area (Å²) < 4.78 is 6.78. The second-order valence-corrected chi connectivity index (χ2v) is 6.01. The van der Waals surface area contributed by atoms with Gasteiger partial charge in [0.05, 0.1) is 17.4 Å². The van der Waals surface area contributed by atoms with Crippen LogP contribution in [0.1, 0.15) is 15.9 Å². The minimum atomic E-state index is -0.562. The van der Waals surface area contributed by atoms with Crippen molar-refractivity contribution in [3.63, 3.8) is 0 Å². The van der Waals surface area contributed by atoms with Crippen LogP contribution in [0.3, 0.4) is 0 Å². The summed E-state index contributed by atoms with van der Waals surface area (Å²) in [5, 5.41) is 4.16. The number of ether oxygens (including phenoxy) is 1. The lowest BCUT2D eigenvalue weighted by atomic mass is 10.2. The third kappa shape index (κ3) is 3.09. The van der Waals surface area contributed by atoms with Gasteiger partial charge in [-0.3, -0.25) is 4.79 Å². The Bertz CT molecular complexity index is 950. The van der Waals surface area contributed by atoms with Crippen LogP contribution in [-0.4, -0.2) is 34.8 Å². The average molecular weight is 347 g/mol. The molecule has 6 heteroatoms. The van der Waals surface area contributed by atoms with Gasteiger partial charge in [-0.15, -0.1) is 0 Å². The first-order valence-corrected chi connectivity index (χ1v) is 8.38. The van der Waals surface area contributed by atoms with E-state index in [1.165, 1.54) is 6.20 Å². The number of benzene rings is 2. The maximum Gasteiger partial charge on any atom is 0.341 e. The number of carbonyl (C=O) groups excluding carboxylic acids is 2.